The van der Waals surface area contributed by atoms with E-state index in [2.05, 4.69) is 45.9 Å². The Morgan fingerprint density at radius 1 is 1.35 bits per heavy atom. The van der Waals surface area contributed by atoms with E-state index in [4.69, 9.17) is 0 Å². The second-order valence-electron chi connectivity index (χ2n) is 5.60. The summed E-state index contributed by atoms with van der Waals surface area (Å²) < 4.78 is 2.00. The molecule has 2 aromatic heterocycles. The van der Waals surface area contributed by atoms with Gasteiger partial charge in [-0.3, -0.25) is 4.98 Å². The minimum Gasteiger partial charge on any atom is -0.309 e. The smallest absolute Gasteiger partial charge is 0.0965 e. The third-order valence-electron chi connectivity index (χ3n) is 3.73. The zero-order chi connectivity index (χ0) is 13.8. The maximum atomic E-state index is 4.21. The number of aryl methyl sites for hydroxylation is 1. The van der Waals surface area contributed by atoms with Gasteiger partial charge in [-0.1, -0.05) is 5.21 Å². The second kappa shape index (κ2) is 6.13. The number of hydrogen-bond donors (Lipinski definition) is 1. The SMILES string of the molecule is CC(CCc1ccncc1)NCc1cn(C2CC2)nn1. The van der Waals surface area contributed by atoms with Crippen molar-refractivity contribution in [2.75, 3.05) is 0 Å². The fraction of sp³-hybridized carbons (Fsp3) is 0.533. The summed E-state index contributed by atoms with van der Waals surface area (Å²) in [6.45, 7) is 3.01. The van der Waals surface area contributed by atoms with Crippen molar-refractivity contribution in [3.63, 3.8) is 0 Å². The standard InChI is InChI=1S/C15H21N5/c1-12(2-3-13-6-8-16-9-7-13)17-10-14-11-20(19-18-14)15-4-5-15/h6-9,11-12,15,17H,2-5,10H2,1H3. The van der Waals surface area contributed by atoms with Gasteiger partial charge in [-0.25, -0.2) is 4.68 Å². The lowest BCUT2D eigenvalue weighted by molar-refractivity contribution is 0.509. The zero-order valence-electron chi connectivity index (χ0n) is 11.9. The molecule has 2 aromatic rings. The van der Waals surface area contributed by atoms with Crippen molar-refractivity contribution in [2.45, 2.75) is 51.2 Å². The number of pyridine rings is 1. The largest absolute Gasteiger partial charge is 0.309 e. The van der Waals surface area contributed by atoms with Gasteiger partial charge >= 0.3 is 0 Å². The first-order chi connectivity index (χ1) is 9.81. The van der Waals surface area contributed by atoms with Crippen LogP contribution in [0.1, 0.15) is 43.5 Å². The lowest BCUT2D eigenvalue weighted by Gasteiger charge is -2.12. The fourth-order valence-electron chi connectivity index (χ4n) is 2.23. The van der Waals surface area contributed by atoms with Crippen molar-refractivity contribution in [3.05, 3.63) is 42.0 Å². The molecule has 1 unspecified atom stereocenters. The van der Waals surface area contributed by atoms with Crippen LogP contribution in [0.25, 0.3) is 0 Å². The first kappa shape index (κ1) is 13.2. The molecule has 2 heterocycles. The summed E-state index contributed by atoms with van der Waals surface area (Å²) in [5.74, 6) is 0. The number of rotatable bonds is 7. The van der Waals surface area contributed by atoms with E-state index in [1.807, 2.05) is 17.1 Å². The van der Waals surface area contributed by atoms with Crippen LogP contribution in [-0.2, 0) is 13.0 Å². The van der Waals surface area contributed by atoms with Crippen LogP contribution in [0, 0.1) is 0 Å². The molecule has 1 N–H and O–H groups in total. The average molecular weight is 271 g/mol. The van der Waals surface area contributed by atoms with Crippen LogP contribution in [0.15, 0.2) is 30.7 Å². The van der Waals surface area contributed by atoms with Gasteiger partial charge in [0.2, 0.25) is 0 Å². The van der Waals surface area contributed by atoms with Crippen molar-refractivity contribution < 1.29 is 0 Å². The van der Waals surface area contributed by atoms with E-state index in [9.17, 15) is 0 Å². The van der Waals surface area contributed by atoms with E-state index in [1.165, 1.54) is 18.4 Å². The summed E-state index contributed by atoms with van der Waals surface area (Å²) in [5.41, 5.74) is 2.38. The molecule has 1 aliphatic carbocycles. The molecule has 20 heavy (non-hydrogen) atoms. The normalized spacial score (nSPS) is 16.2. The van der Waals surface area contributed by atoms with E-state index in [1.54, 1.807) is 0 Å². The molecule has 1 atom stereocenters. The molecule has 1 fully saturated rings. The summed E-state index contributed by atoms with van der Waals surface area (Å²) in [6.07, 6.45) is 10.5. The molecule has 0 spiro atoms. The minimum absolute atomic E-state index is 0.467. The maximum absolute atomic E-state index is 4.21. The summed E-state index contributed by atoms with van der Waals surface area (Å²) in [7, 11) is 0. The van der Waals surface area contributed by atoms with Gasteiger partial charge in [0, 0.05) is 25.0 Å². The van der Waals surface area contributed by atoms with Crippen LogP contribution in [0.3, 0.4) is 0 Å². The van der Waals surface area contributed by atoms with Gasteiger partial charge in [-0.05, 0) is 50.3 Å². The van der Waals surface area contributed by atoms with Crippen LogP contribution in [0.5, 0.6) is 0 Å². The van der Waals surface area contributed by atoms with Crippen molar-refractivity contribution in [2.24, 2.45) is 0 Å². The topological polar surface area (TPSA) is 55.6 Å². The highest BCUT2D eigenvalue weighted by atomic mass is 15.4. The van der Waals surface area contributed by atoms with E-state index in [0.717, 1.165) is 25.1 Å². The van der Waals surface area contributed by atoms with Crippen LogP contribution in [-0.4, -0.2) is 26.0 Å². The van der Waals surface area contributed by atoms with Crippen LogP contribution < -0.4 is 5.32 Å². The summed E-state index contributed by atoms with van der Waals surface area (Å²) in [4.78, 5) is 4.04. The van der Waals surface area contributed by atoms with Crippen molar-refractivity contribution in [1.82, 2.24) is 25.3 Å². The molecule has 3 rings (SSSR count). The number of nitrogens with zero attached hydrogens (tertiary/aromatic N) is 4. The average Bonchev–Trinajstić information content (AvgIpc) is 3.23. The molecule has 1 saturated carbocycles. The Balaban J connectivity index is 1.40. The Hall–Kier alpha value is -1.75. The van der Waals surface area contributed by atoms with Gasteiger partial charge < -0.3 is 5.32 Å². The third kappa shape index (κ3) is 3.63. The van der Waals surface area contributed by atoms with Crippen LogP contribution in [0.4, 0.5) is 0 Å². The Morgan fingerprint density at radius 3 is 2.90 bits per heavy atom. The molecule has 5 nitrogen and oxygen atoms in total. The predicted molar refractivity (Wildman–Crippen MR) is 77.2 cm³/mol. The number of nitrogens with one attached hydrogen (secondary N) is 1. The Morgan fingerprint density at radius 2 is 2.15 bits per heavy atom. The van der Waals surface area contributed by atoms with Gasteiger partial charge in [0.25, 0.3) is 0 Å². The zero-order valence-corrected chi connectivity index (χ0v) is 11.9. The predicted octanol–water partition coefficient (Wildman–Crippen LogP) is 2.12. The Bertz CT molecular complexity index is 532. The highest BCUT2D eigenvalue weighted by Gasteiger charge is 2.24. The molecular weight excluding hydrogens is 250 g/mol. The number of aromatic nitrogens is 4. The molecule has 106 valence electrons. The second-order valence-corrected chi connectivity index (χ2v) is 5.60. The summed E-state index contributed by atoms with van der Waals surface area (Å²) in [6, 6.07) is 5.23. The van der Waals surface area contributed by atoms with Crippen molar-refractivity contribution in [3.8, 4) is 0 Å². The lowest BCUT2D eigenvalue weighted by atomic mass is 10.1. The first-order valence-electron chi connectivity index (χ1n) is 7.34. The van der Waals surface area contributed by atoms with Gasteiger partial charge in [0.15, 0.2) is 0 Å². The highest BCUT2D eigenvalue weighted by molar-refractivity contribution is 5.09. The van der Waals surface area contributed by atoms with Gasteiger partial charge in [-0.2, -0.15) is 0 Å². The molecule has 0 radical (unpaired) electrons. The molecule has 0 amide bonds. The lowest BCUT2D eigenvalue weighted by Crippen LogP contribution is -2.26. The molecule has 0 bridgehead atoms. The Labute approximate surface area is 119 Å². The molecule has 5 heteroatoms. The monoisotopic (exact) mass is 271 g/mol. The van der Waals surface area contributed by atoms with E-state index in [0.29, 0.717) is 12.1 Å². The van der Waals surface area contributed by atoms with E-state index >= 15 is 0 Å². The quantitative estimate of drug-likeness (QED) is 0.838. The van der Waals surface area contributed by atoms with E-state index in [-0.39, 0.29) is 0 Å². The van der Waals surface area contributed by atoms with Gasteiger partial charge in [-0.15, -0.1) is 5.10 Å². The van der Waals surface area contributed by atoms with Crippen LogP contribution >= 0.6 is 0 Å². The molecule has 0 aromatic carbocycles. The summed E-state index contributed by atoms with van der Waals surface area (Å²) in [5, 5.41) is 11.9. The molecule has 0 saturated heterocycles. The molecule has 1 aliphatic rings. The fourth-order valence-corrected chi connectivity index (χ4v) is 2.23. The summed E-state index contributed by atoms with van der Waals surface area (Å²) >= 11 is 0. The van der Waals surface area contributed by atoms with Crippen molar-refractivity contribution in [1.29, 1.82) is 0 Å². The maximum Gasteiger partial charge on any atom is 0.0965 e. The molecule has 0 aliphatic heterocycles. The van der Waals surface area contributed by atoms with Gasteiger partial charge in [0.05, 0.1) is 17.9 Å². The van der Waals surface area contributed by atoms with Crippen molar-refractivity contribution >= 4 is 0 Å². The first-order valence-corrected chi connectivity index (χ1v) is 7.34. The number of hydrogen-bond acceptors (Lipinski definition) is 4. The third-order valence-corrected chi connectivity index (χ3v) is 3.73. The van der Waals surface area contributed by atoms with Crippen LogP contribution in [0.2, 0.25) is 0 Å². The highest BCUT2D eigenvalue weighted by Crippen LogP contribution is 2.33. The minimum atomic E-state index is 0.467. The van der Waals surface area contributed by atoms with Gasteiger partial charge in [0.1, 0.15) is 0 Å². The Kier molecular flexibility index (Phi) is 4.06. The molecular formula is C15H21N5. The van der Waals surface area contributed by atoms with E-state index < -0.39 is 0 Å².